The van der Waals surface area contributed by atoms with Gasteiger partial charge in [-0.25, -0.2) is 0 Å². The van der Waals surface area contributed by atoms with E-state index in [0.29, 0.717) is 18.0 Å². The first-order valence-corrected chi connectivity index (χ1v) is 8.60. The summed E-state index contributed by atoms with van der Waals surface area (Å²) in [5.41, 5.74) is 2.86. The van der Waals surface area contributed by atoms with Crippen molar-refractivity contribution in [3.05, 3.63) is 52.2 Å². The van der Waals surface area contributed by atoms with Gasteiger partial charge in [0.2, 0.25) is 0 Å². The van der Waals surface area contributed by atoms with Gasteiger partial charge in [0.05, 0.1) is 7.11 Å². The zero-order valence-electron chi connectivity index (χ0n) is 12.7. The maximum absolute atomic E-state index is 5.31. The molecule has 1 aromatic carbocycles. The van der Waals surface area contributed by atoms with E-state index in [2.05, 4.69) is 47.3 Å². The Kier molecular flexibility index (Phi) is 4.61. The molecule has 1 unspecified atom stereocenters. The molecule has 1 N–H and O–H groups in total. The Morgan fingerprint density at radius 1 is 1.33 bits per heavy atom. The summed E-state index contributed by atoms with van der Waals surface area (Å²) in [7, 11) is 1.73. The van der Waals surface area contributed by atoms with Crippen molar-refractivity contribution in [2.45, 2.75) is 44.2 Å². The molecule has 0 amide bonds. The van der Waals surface area contributed by atoms with E-state index in [9.17, 15) is 0 Å². The molecule has 21 heavy (non-hydrogen) atoms. The van der Waals surface area contributed by atoms with Gasteiger partial charge in [-0.05, 0) is 72.2 Å². The second-order valence-electron chi connectivity index (χ2n) is 6.05. The summed E-state index contributed by atoms with van der Waals surface area (Å²) < 4.78 is 5.31. The molecule has 0 aliphatic heterocycles. The molecule has 2 nitrogen and oxygen atoms in total. The van der Waals surface area contributed by atoms with Crippen LogP contribution in [0.3, 0.4) is 0 Å². The number of benzene rings is 1. The van der Waals surface area contributed by atoms with Crippen LogP contribution in [0.2, 0.25) is 0 Å². The highest BCUT2D eigenvalue weighted by Crippen LogP contribution is 2.38. The van der Waals surface area contributed by atoms with Gasteiger partial charge in [-0.15, -0.1) is 0 Å². The van der Waals surface area contributed by atoms with Crippen LogP contribution in [0.1, 0.15) is 36.8 Å². The van der Waals surface area contributed by atoms with Crippen LogP contribution in [0.25, 0.3) is 0 Å². The van der Waals surface area contributed by atoms with Crippen molar-refractivity contribution in [3.8, 4) is 5.75 Å². The van der Waals surface area contributed by atoms with E-state index in [4.69, 9.17) is 4.74 Å². The minimum atomic E-state index is 0.552. The number of nitrogens with one attached hydrogen (secondary N) is 1. The summed E-state index contributed by atoms with van der Waals surface area (Å²) in [4.78, 5) is 0. The third kappa shape index (κ3) is 3.66. The molecule has 1 fully saturated rings. The molecule has 3 rings (SSSR count). The average Bonchev–Trinajstić information content (AvgIpc) is 2.95. The molecular weight excluding hydrogens is 278 g/mol. The largest absolute Gasteiger partial charge is 0.497 e. The fourth-order valence-electron chi connectivity index (χ4n) is 3.15. The Balaban J connectivity index is 1.47. The van der Waals surface area contributed by atoms with Crippen molar-refractivity contribution >= 4 is 11.3 Å². The van der Waals surface area contributed by atoms with Crippen LogP contribution in [0.5, 0.6) is 5.75 Å². The third-order valence-electron chi connectivity index (χ3n) is 4.35. The van der Waals surface area contributed by atoms with Crippen LogP contribution in [0.15, 0.2) is 41.1 Å². The monoisotopic (exact) mass is 301 g/mol. The number of rotatable bonds is 6. The lowest BCUT2D eigenvalue weighted by Gasteiger charge is -2.38. The van der Waals surface area contributed by atoms with Gasteiger partial charge in [-0.3, -0.25) is 0 Å². The smallest absolute Gasteiger partial charge is 0.119 e. The molecule has 1 saturated carbocycles. The van der Waals surface area contributed by atoms with Crippen LogP contribution < -0.4 is 10.1 Å². The molecule has 112 valence electrons. The zero-order valence-corrected chi connectivity index (χ0v) is 13.5. The van der Waals surface area contributed by atoms with E-state index in [1.54, 1.807) is 18.4 Å². The predicted molar refractivity (Wildman–Crippen MR) is 89.4 cm³/mol. The van der Waals surface area contributed by atoms with Crippen LogP contribution in [0.4, 0.5) is 0 Å². The van der Waals surface area contributed by atoms with Gasteiger partial charge in [0.25, 0.3) is 0 Å². The van der Waals surface area contributed by atoms with Crippen molar-refractivity contribution < 1.29 is 4.74 Å². The quantitative estimate of drug-likeness (QED) is 0.862. The maximum atomic E-state index is 5.31. The molecule has 2 aromatic rings. The molecule has 0 spiro atoms. The SMILES string of the molecule is COc1cccc(C2CC(NC(C)Cc3ccsc3)C2)c1. The molecule has 1 heterocycles. The highest BCUT2D eigenvalue weighted by molar-refractivity contribution is 7.07. The van der Waals surface area contributed by atoms with Gasteiger partial charge in [0.1, 0.15) is 5.75 Å². The first-order valence-electron chi connectivity index (χ1n) is 7.65. The lowest BCUT2D eigenvalue weighted by atomic mass is 9.75. The standard InChI is InChI=1S/C18H23NOS/c1-13(8-14-6-7-21-12-14)19-17-9-16(10-17)15-4-3-5-18(11-15)20-2/h3-7,11-13,16-17,19H,8-10H2,1-2H3. The van der Waals surface area contributed by atoms with Crippen LogP contribution in [-0.2, 0) is 6.42 Å². The van der Waals surface area contributed by atoms with E-state index in [1.165, 1.54) is 24.0 Å². The molecule has 1 atom stereocenters. The van der Waals surface area contributed by atoms with E-state index < -0.39 is 0 Å². The van der Waals surface area contributed by atoms with E-state index in [-0.39, 0.29) is 0 Å². The maximum Gasteiger partial charge on any atom is 0.119 e. The van der Waals surface area contributed by atoms with Gasteiger partial charge in [-0.2, -0.15) is 11.3 Å². The Labute approximate surface area is 131 Å². The van der Waals surface area contributed by atoms with Gasteiger partial charge < -0.3 is 10.1 Å². The summed E-state index contributed by atoms with van der Waals surface area (Å²) in [5.74, 6) is 1.65. The fourth-order valence-corrected chi connectivity index (χ4v) is 3.83. The molecule has 1 aromatic heterocycles. The van der Waals surface area contributed by atoms with Gasteiger partial charge in [0.15, 0.2) is 0 Å². The molecule has 0 bridgehead atoms. The molecular formula is C18H23NOS. The van der Waals surface area contributed by atoms with Crippen LogP contribution >= 0.6 is 11.3 Å². The third-order valence-corrected chi connectivity index (χ3v) is 5.08. The first kappa shape index (κ1) is 14.6. The summed E-state index contributed by atoms with van der Waals surface area (Å²) in [6.07, 6.45) is 3.60. The Hall–Kier alpha value is -1.32. The van der Waals surface area contributed by atoms with E-state index in [1.807, 2.05) is 6.07 Å². The molecule has 1 aliphatic carbocycles. The molecule has 0 radical (unpaired) electrons. The minimum Gasteiger partial charge on any atom is -0.497 e. The zero-order chi connectivity index (χ0) is 14.7. The second kappa shape index (κ2) is 6.63. The number of hydrogen-bond acceptors (Lipinski definition) is 3. The highest BCUT2D eigenvalue weighted by Gasteiger charge is 2.31. The Morgan fingerprint density at radius 3 is 2.90 bits per heavy atom. The minimum absolute atomic E-state index is 0.552. The predicted octanol–water partition coefficient (Wildman–Crippen LogP) is 4.22. The Bertz CT molecular complexity index is 560. The van der Waals surface area contributed by atoms with Gasteiger partial charge in [-0.1, -0.05) is 12.1 Å². The van der Waals surface area contributed by atoms with Crippen LogP contribution in [0, 0.1) is 0 Å². The number of ether oxygens (including phenoxy) is 1. The van der Waals surface area contributed by atoms with Gasteiger partial charge in [0, 0.05) is 12.1 Å². The van der Waals surface area contributed by atoms with Crippen molar-refractivity contribution in [1.82, 2.24) is 5.32 Å². The lowest BCUT2D eigenvalue weighted by Crippen LogP contribution is -2.45. The summed E-state index contributed by atoms with van der Waals surface area (Å²) in [6.45, 7) is 2.29. The van der Waals surface area contributed by atoms with Crippen molar-refractivity contribution in [1.29, 1.82) is 0 Å². The van der Waals surface area contributed by atoms with Crippen molar-refractivity contribution in [2.24, 2.45) is 0 Å². The highest BCUT2D eigenvalue weighted by atomic mass is 32.1. The second-order valence-corrected chi connectivity index (χ2v) is 6.83. The van der Waals surface area contributed by atoms with Crippen molar-refractivity contribution in [3.63, 3.8) is 0 Å². The summed E-state index contributed by atoms with van der Waals surface area (Å²) >= 11 is 1.78. The summed E-state index contributed by atoms with van der Waals surface area (Å²) in [6, 6.07) is 11.9. The first-order chi connectivity index (χ1) is 10.2. The molecule has 3 heteroatoms. The average molecular weight is 301 g/mol. The lowest BCUT2D eigenvalue weighted by molar-refractivity contribution is 0.268. The number of hydrogen-bond donors (Lipinski definition) is 1. The van der Waals surface area contributed by atoms with E-state index >= 15 is 0 Å². The summed E-state index contributed by atoms with van der Waals surface area (Å²) in [5, 5.41) is 8.16. The van der Waals surface area contributed by atoms with Gasteiger partial charge >= 0.3 is 0 Å². The topological polar surface area (TPSA) is 21.3 Å². The molecule has 0 saturated heterocycles. The Morgan fingerprint density at radius 2 is 2.19 bits per heavy atom. The van der Waals surface area contributed by atoms with E-state index in [0.717, 1.165) is 12.2 Å². The van der Waals surface area contributed by atoms with Crippen LogP contribution in [-0.4, -0.2) is 19.2 Å². The number of thiophene rings is 1. The molecule has 1 aliphatic rings. The number of methoxy groups -OCH3 is 1. The van der Waals surface area contributed by atoms with Crippen molar-refractivity contribution in [2.75, 3.05) is 7.11 Å². The fraction of sp³-hybridized carbons (Fsp3) is 0.444. The normalized spacial score (nSPS) is 22.6.